The number of hydrogen-bond donors (Lipinski definition) is 8. The molecule has 9 N–H and O–H groups in total. The number of carboxylic acid groups (broad SMARTS) is 4. The SMILES string of the molecule is NC(=O)NC1NCCN1.O=C(O)CN(CCN(CC(=O)O)CC(=O)O)CC(=O)O.[NaH].[NaH]. The van der Waals surface area contributed by atoms with E-state index in [9.17, 15) is 24.0 Å². The van der Waals surface area contributed by atoms with Crippen molar-refractivity contribution >= 4 is 89.0 Å². The number of nitrogens with zero attached hydrogens (tertiary/aromatic N) is 2. The van der Waals surface area contributed by atoms with Gasteiger partial charge in [0.15, 0.2) is 0 Å². The van der Waals surface area contributed by atoms with Gasteiger partial charge in [-0.3, -0.25) is 39.6 Å². The summed E-state index contributed by atoms with van der Waals surface area (Å²) >= 11 is 0. The molecule has 17 heteroatoms. The molecule has 0 bridgehead atoms. The normalized spacial score (nSPS) is 12.7. The first-order chi connectivity index (χ1) is 13.5. The molecule has 1 rings (SSSR count). The molecule has 1 fully saturated rings. The molecule has 0 saturated carbocycles. The molecule has 0 aliphatic carbocycles. The van der Waals surface area contributed by atoms with Gasteiger partial charge >= 0.3 is 89.0 Å². The van der Waals surface area contributed by atoms with Crippen molar-refractivity contribution in [1.29, 1.82) is 0 Å². The number of carbonyl (C=O) groups excluding carboxylic acids is 1. The second-order valence-corrected chi connectivity index (χ2v) is 5.85. The molecule has 1 aliphatic rings. The van der Waals surface area contributed by atoms with E-state index < -0.39 is 56.1 Å². The fourth-order valence-electron chi connectivity index (χ4n) is 2.23. The van der Waals surface area contributed by atoms with Crippen molar-refractivity contribution < 1.29 is 44.4 Å². The first kappa shape index (κ1) is 34.6. The predicted octanol–water partition coefficient (Wildman–Crippen LogP) is -5.24. The van der Waals surface area contributed by atoms with Gasteiger partial charge in [-0.15, -0.1) is 0 Å². The zero-order valence-corrected chi connectivity index (χ0v) is 15.5. The Morgan fingerprint density at radius 3 is 1.26 bits per heavy atom. The molecule has 1 saturated heterocycles. The average molecular weight is 470 g/mol. The van der Waals surface area contributed by atoms with Gasteiger partial charge in [0, 0.05) is 26.2 Å². The van der Waals surface area contributed by atoms with E-state index in [2.05, 4.69) is 16.0 Å². The van der Waals surface area contributed by atoms with Crippen molar-refractivity contribution in [2.45, 2.75) is 6.29 Å². The third-order valence-electron chi connectivity index (χ3n) is 3.28. The van der Waals surface area contributed by atoms with Crippen LogP contribution in [0.4, 0.5) is 4.79 Å². The average Bonchev–Trinajstić information content (AvgIpc) is 3.03. The molecule has 15 nitrogen and oxygen atoms in total. The Bertz CT molecular complexity index is 525. The van der Waals surface area contributed by atoms with Crippen LogP contribution in [-0.2, 0) is 19.2 Å². The van der Waals surface area contributed by atoms with E-state index in [0.717, 1.165) is 22.9 Å². The number of hydrogen-bond acceptors (Lipinski definition) is 9. The van der Waals surface area contributed by atoms with Crippen molar-refractivity contribution in [1.82, 2.24) is 25.8 Å². The number of rotatable bonds is 12. The predicted molar refractivity (Wildman–Crippen MR) is 110 cm³/mol. The van der Waals surface area contributed by atoms with Crippen molar-refractivity contribution in [3.05, 3.63) is 0 Å². The van der Waals surface area contributed by atoms with E-state index in [1.807, 2.05) is 0 Å². The molecule has 0 aromatic heterocycles. The van der Waals surface area contributed by atoms with E-state index in [1.54, 1.807) is 0 Å². The minimum atomic E-state index is -1.23. The van der Waals surface area contributed by atoms with E-state index in [1.165, 1.54) is 0 Å². The van der Waals surface area contributed by atoms with Crippen LogP contribution in [0.25, 0.3) is 0 Å². The summed E-state index contributed by atoms with van der Waals surface area (Å²) < 4.78 is 0. The van der Waals surface area contributed by atoms with Gasteiger partial charge in [0.2, 0.25) is 0 Å². The zero-order chi connectivity index (χ0) is 22.4. The number of urea groups is 1. The summed E-state index contributed by atoms with van der Waals surface area (Å²) in [6, 6.07) is -0.512. The maximum absolute atomic E-state index is 10.6. The van der Waals surface area contributed by atoms with E-state index >= 15 is 0 Å². The summed E-state index contributed by atoms with van der Waals surface area (Å²) in [5, 5.41) is 42.9. The summed E-state index contributed by atoms with van der Waals surface area (Å²) in [4.78, 5) is 54.5. The molecule has 1 heterocycles. The molecule has 0 aromatic rings. The van der Waals surface area contributed by atoms with Crippen molar-refractivity contribution in [3.8, 4) is 0 Å². The molecule has 170 valence electrons. The van der Waals surface area contributed by atoms with Gasteiger partial charge in [-0.25, -0.2) is 4.79 Å². The molecule has 0 aromatic carbocycles. The Kier molecular flexibility index (Phi) is 21.9. The molecular formula is C14H28N6Na2O9. The van der Waals surface area contributed by atoms with E-state index in [0.29, 0.717) is 0 Å². The summed E-state index contributed by atoms with van der Waals surface area (Å²) in [6.07, 6.45) is -0.137. The van der Waals surface area contributed by atoms with Crippen LogP contribution in [-0.4, -0.2) is 178 Å². The topological polar surface area (TPSA) is 235 Å². The fraction of sp³-hybridized carbons (Fsp3) is 0.643. The van der Waals surface area contributed by atoms with E-state index in [4.69, 9.17) is 26.2 Å². The summed E-state index contributed by atoms with van der Waals surface area (Å²) in [7, 11) is 0. The van der Waals surface area contributed by atoms with E-state index in [-0.39, 0.29) is 78.5 Å². The molecule has 0 radical (unpaired) electrons. The molecule has 0 atom stereocenters. The second kappa shape index (κ2) is 19.7. The summed E-state index contributed by atoms with van der Waals surface area (Å²) in [6.45, 7) is -0.519. The number of nitrogens with two attached hydrogens (primary N) is 1. The fourth-order valence-corrected chi connectivity index (χ4v) is 2.23. The van der Waals surface area contributed by atoms with Gasteiger partial charge in [-0.05, 0) is 0 Å². The van der Waals surface area contributed by atoms with Crippen LogP contribution < -0.4 is 21.7 Å². The minimum absolute atomic E-state index is 0. The monoisotopic (exact) mass is 470 g/mol. The number of amides is 2. The van der Waals surface area contributed by atoms with Gasteiger partial charge in [-0.1, -0.05) is 0 Å². The van der Waals surface area contributed by atoms with Crippen LogP contribution in [0.15, 0.2) is 0 Å². The third kappa shape index (κ3) is 22.0. The van der Waals surface area contributed by atoms with Crippen LogP contribution in [0.3, 0.4) is 0 Å². The Morgan fingerprint density at radius 1 is 0.742 bits per heavy atom. The van der Waals surface area contributed by atoms with Gasteiger partial charge in [-0.2, -0.15) is 0 Å². The van der Waals surface area contributed by atoms with Gasteiger partial charge in [0.25, 0.3) is 0 Å². The van der Waals surface area contributed by atoms with Crippen molar-refractivity contribution in [3.63, 3.8) is 0 Å². The van der Waals surface area contributed by atoms with Gasteiger partial charge < -0.3 is 31.5 Å². The van der Waals surface area contributed by atoms with Crippen LogP contribution >= 0.6 is 0 Å². The molecule has 31 heavy (non-hydrogen) atoms. The Morgan fingerprint density at radius 2 is 1.03 bits per heavy atom. The Labute approximate surface area is 222 Å². The first-order valence-corrected chi connectivity index (χ1v) is 8.34. The molecule has 0 spiro atoms. The number of carboxylic acids is 4. The molecule has 2 amide bonds. The summed E-state index contributed by atoms with van der Waals surface area (Å²) in [5.41, 5.74) is 4.84. The number of primary amides is 1. The standard InChI is InChI=1S/C10H16N2O8.C4H10N4O.2Na.2H/c13-7(14)3-11(4-8(15)16)1-2-12(5-9(17)18)6-10(19)20;5-3(9)8-4-6-1-2-7-4;;;;/h1-6H2,(H,13,14)(H,15,16)(H,17,18)(H,19,20);4,6-7H,1-2H2,(H3,5,8,9);;;;. The van der Waals surface area contributed by atoms with Gasteiger partial charge in [0.1, 0.15) is 6.29 Å². The quantitative estimate of drug-likeness (QED) is 0.125. The second-order valence-electron chi connectivity index (χ2n) is 5.85. The van der Waals surface area contributed by atoms with Crippen LogP contribution in [0, 0.1) is 0 Å². The van der Waals surface area contributed by atoms with Crippen molar-refractivity contribution in [2.24, 2.45) is 5.73 Å². The zero-order valence-electron chi connectivity index (χ0n) is 15.5. The summed E-state index contributed by atoms with van der Waals surface area (Å²) in [5.74, 6) is -4.91. The number of aliphatic carboxylic acids is 4. The number of nitrogens with one attached hydrogen (secondary N) is 3. The molecule has 0 unspecified atom stereocenters. The third-order valence-corrected chi connectivity index (χ3v) is 3.28. The van der Waals surface area contributed by atoms with Crippen LogP contribution in [0.1, 0.15) is 0 Å². The molecule has 1 aliphatic heterocycles. The molecular weight excluding hydrogens is 442 g/mol. The maximum atomic E-state index is 10.6. The Hall–Kier alpha value is -1.01. The van der Waals surface area contributed by atoms with Gasteiger partial charge in [0.05, 0.1) is 26.2 Å². The van der Waals surface area contributed by atoms with Crippen LogP contribution in [0.2, 0.25) is 0 Å². The van der Waals surface area contributed by atoms with Crippen molar-refractivity contribution in [2.75, 3.05) is 52.4 Å². The number of carbonyl (C=O) groups is 5. The van der Waals surface area contributed by atoms with Crippen LogP contribution in [0.5, 0.6) is 0 Å². The Balaban J connectivity index is -0.000000598. The first-order valence-electron chi connectivity index (χ1n) is 8.34.